The van der Waals surface area contributed by atoms with E-state index in [1.54, 1.807) is 17.8 Å². The van der Waals surface area contributed by atoms with Crippen molar-refractivity contribution in [1.82, 2.24) is 19.6 Å². The van der Waals surface area contributed by atoms with Crippen molar-refractivity contribution in [2.45, 2.75) is 33.9 Å². The molecule has 6 nitrogen and oxygen atoms in total. The molecule has 0 saturated carbocycles. The molecule has 0 aliphatic carbocycles. The number of aromatic nitrogens is 4. The van der Waals surface area contributed by atoms with Crippen molar-refractivity contribution in [3.63, 3.8) is 0 Å². The SMILES string of the molecule is CCOC(=O)c1cnn(Cc2c(Br)c(C)nn2CC)c1. The molecule has 0 radical (unpaired) electrons. The highest BCUT2D eigenvalue weighted by Crippen LogP contribution is 2.21. The van der Waals surface area contributed by atoms with Gasteiger partial charge in [0.1, 0.15) is 0 Å². The van der Waals surface area contributed by atoms with Crippen molar-refractivity contribution in [2.75, 3.05) is 6.61 Å². The van der Waals surface area contributed by atoms with E-state index in [4.69, 9.17) is 4.74 Å². The monoisotopic (exact) mass is 340 g/mol. The Morgan fingerprint density at radius 2 is 2.20 bits per heavy atom. The van der Waals surface area contributed by atoms with Crippen LogP contribution in [0.25, 0.3) is 0 Å². The molecular weight excluding hydrogens is 324 g/mol. The Balaban J connectivity index is 2.21. The van der Waals surface area contributed by atoms with E-state index in [2.05, 4.69) is 26.1 Å². The molecule has 0 aliphatic heterocycles. The minimum atomic E-state index is -0.349. The Hall–Kier alpha value is -1.63. The third kappa shape index (κ3) is 2.92. The van der Waals surface area contributed by atoms with Crippen LogP contribution in [0, 0.1) is 6.92 Å². The molecule has 0 unspecified atom stereocenters. The summed E-state index contributed by atoms with van der Waals surface area (Å²) in [4.78, 5) is 11.6. The molecule has 0 bridgehead atoms. The zero-order chi connectivity index (χ0) is 14.7. The number of esters is 1. The Labute approximate surface area is 125 Å². The maximum absolute atomic E-state index is 11.6. The van der Waals surface area contributed by atoms with Crippen LogP contribution in [0.3, 0.4) is 0 Å². The third-order valence-corrected chi connectivity index (χ3v) is 3.94. The summed E-state index contributed by atoms with van der Waals surface area (Å²) in [6.07, 6.45) is 3.21. The van der Waals surface area contributed by atoms with Gasteiger partial charge < -0.3 is 4.74 Å². The molecule has 7 heteroatoms. The van der Waals surface area contributed by atoms with Crippen LogP contribution in [-0.2, 0) is 17.8 Å². The van der Waals surface area contributed by atoms with Gasteiger partial charge in [-0.3, -0.25) is 9.36 Å². The van der Waals surface area contributed by atoms with Gasteiger partial charge in [-0.15, -0.1) is 0 Å². The Morgan fingerprint density at radius 3 is 2.85 bits per heavy atom. The quantitative estimate of drug-likeness (QED) is 0.784. The first-order valence-electron chi connectivity index (χ1n) is 6.48. The molecule has 0 saturated heterocycles. The Kier molecular flexibility index (Phi) is 4.59. The predicted molar refractivity (Wildman–Crippen MR) is 77.6 cm³/mol. The summed E-state index contributed by atoms with van der Waals surface area (Å²) in [7, 11) is 0. The van der Waals surface area contributed by atoms with Crippen molar-refractivity contribution < 1.29 is 9.53 Å². The number of ether oxygens (including phenoxy) is 1. The average molecular weight is 341 g/mol. The lowest BCUT2D eigenvalue weighted by Gasteiger charge is -2.05. The maximum Gasteiger partial charge on any atom is 0.341 e. The maximum atomic E-state index is 11.6. The van der Waals surface area contributed by atoms with Crippen molar-refractivity contribution in [3.05, 3.63) is 33.8 Å². The normalized spacial score (nSPS) is 10.8. The summed E-state index contributed by atoms with van der Waals surface area (Å²) in [5, 5.41) is 8.63. The molecule has 2 heterocycles. The predicted octanol–water partition coefficient (Wildman–Crippen LogP) is 2.40. The lowest BCUT2D eigenvalue weighted by molar-refractivity contribution is 0.0526. The second-order valence-electron chi connectivity index (χ2n) is 4.31. The summed E-state index contributed by atoms with van der Waals surface area (Å²) < 4.78 is 9.55. The summed E-state index contributed by atoms with van der Waals surface area (Å²) >= 11 is 3.54. The summed E-state index contributed by atoms with van der Waals surface area (Å²) in [5.74, 6) is -0.349. The van der Waals surface area contributed by atoms with Gasteiger partial charge in [-0.25, -0.2) is 4.79 Å². The van der Waals surface area contributed by atoms with Crippen molar-refractivity contribution in [1.29, 1.82) is 0 Å². The fraction of sp³-hybridized carbons (Fsp3) is 0.462. The average Bonchev–Trinajstić information content (AvgIpc) is 2.99. The number of halogens is 1. The minimum Gasteiger partial charge on any atom is -0.462 e. The zero-order valence-electron chi connectivity index (χ0n) is 11.8. The summed E-state index contributed by atoms with van der Waals surface area (Å²) in [6.45, 7) is 7.46. The number of nitrogens with zero attached hydrogens (tertiary/aromatic N) is 4. The molecule has 0 amide bonds. The zero-order valence-corrected chi connectivity index (χ0v) is 13.3. The number of carbonyl (C=O) groups excluding carboxylic acids is 1. The second kappa shape index (κ2) is 6.21. The van der Waals surface area contributed by atoms with Gasteiger partial charge in [0.15, 0.2) is 0 Å². The highest BCUT2D eigenvalue weighted by atomic mass is 79.9. The molecule has 2 aromatic rings. The first-order valence-corrected chi connectivity index (χ1v) is 7.27. The Morgan fingerprint density at radius 1 is 1.45 bits per heavy atom. The van der Waals surface area contributed by atoms with E-state index in [0.717, 1.165) is 22.4 Å². The fourth-order valence-corrected chi connectivity index (χ4v) is 2.35. The highest BCUT2D eigenvalue weighted by molar-refractivity contribution is 9.10. The van der Waals surface area contributed by atoms with Gasteiger partial charge in [-0.05, 0) is 36.7 Å². The molecule has 2 aromatic heterocycles. The van der Waals surface area contributed by atoms with Crippen LogP contribution in [0.2, 0.25) is 0 Å². The van der Waals surface area contributed by atoms with Gasteiger partial charge in [0.05, 0.1) is 40.8 Å². The van der Waals surface area contributed by atoms with Crippen LogP contribution in [0.15, 0.2) is 16.9 Å². The van der Waals surface area contributed by atoms with E-state index in [-0.39, 0.29) is 5.97 Å². The molecule has 0 aromatic carbocycles. The lowest BCUT2D eigenvalue weighted by Crippen LogP contribution is -2.09. The number of hydrogen-bond donors (Lipinski definition) is 0. The van der Waals surface area contributed by atoms with Gasteiger partial charge in [-0.2, -0.15) is 10.2 Å². The van der Waals surface area contributed by atoms with Crippen LogP contribution >= 0.6 is 15.9 Å². The minimum absolute atomic E-state index is 0.349. The lowest BCUT2D eigenvalue weighted by atomic mass is 10.3. The highest BCUT2D eigenvalue weighted by Gasteiger charge is 2.14. The van der Waals surface area contributed by atoms with Crippen LogP contribution in [0.1, 0.15) is 35.6 Å². The molecule has 0 spiro atoms. The van der Waals surface area contributed by atoms with E-state index in [9.17, 15) is 4.79 Å². The molecular formula is C13H17BrN4O2. The molecule has 0 aliphatic rings. The van der Waals surface area contributed by atoms with Crippen LogP contribution in [0.4, 0.5) is 0 Å². The van der Waals surface area contributed by atoms with Gasteiger partial charge in [0.2, 0.25) is 0 Å². The fourth-order valence-electron chi connectivity index (χ4n) is 1.94. The number of rotatable bonds is 5. The third-order valence-electron chi connectivity index (χ3n) is 2.91. The molecule has 0 N–H and O–H groups in total. The molecule has 108 valence electrons. The van der Waals surface area contributed by atoms with Crippen molar-refractivity contribution >= 4 is 21.9 Å². The topological polar surface area (TPSA) is 61.9 Å². The van der Waals surface area contributed by atoms with Gasteiger partial charge >= 0.3 is 5.97 Å². The van der Waals surface area contributed by atoms with E-state index in [0.29, 0.717) is 18.7 Å². The summed E-state index contributed by atoms with van der Waals surface area (Å²) in [6, 6.07) is 0. The second-order valence-corrected chi connectivity index (χ2v) is 5.10. The van der Waals surface area contributed by atoms with Crippen molar-refractivity contribution in [2.24, 2.45) is 0 Å². The van der Waals surface area contributed by atoms with Crippen LogP contribution in [-0.4, -0.2) is 32.1 Å². The Bertz CT molecular complexity index is 618. The van der Waals surface area contributed by atoms with E-state index in [1.807, 2.05) is 18.5 Å². The van der Waals surface area contributed by atoms with Crippen molar-refractivity contribution in [3.8, 4) is 0 Å². The number of aryl methyl sites for hydroxylation is 2. The number of hydrogen-bond acceptors (Lipinski definition) is 4. The smallest absolute Gasteiger partial charge is 0.341 e. The van der Waals surface area contributed by atoms with E-state index < -0.39 is 0 Å². The first-order chi connectivity index (χ1) is 9.56. The number of carbonyl (C=O) groups is 1. The molecule has 20 heavy (non-hydrogen) atoms. The largest absolute Gasteiger partial charge is 0.462 e. The molecule has 0 fully saturated rings. The van der Waals surface area contributed by atoms with Gasteiger partial charge in [0, 0.05) is 12.7 Å². The van der Waals surface area contributed by atoms with Gasteiger partial charge in [-0.1, -0.05) is 0 Å². The summed E-state index contributed by atoms with van der Waals surface area (Å²) in [5.41, 5.74) is 2.44. The van der Waals surface area contributed by atoms with Crippen LogP contribution in [0.5, 0.6) is 0 Å². The van der Waals surface area contributed by atoms with Crippen LogP contribution < -0.4 is 0 Å². The first kappa shape index (κ1) is 14.8. The molecule has 0 atom stereocenters. The van der Waals surface area contributed by atoms with E-state index in [1.165, 1.54) is 6.20 Å². The van der Waals surface area contributed by atoms with Gasteiger partial charge in [0.25, 0.3) is 0 Å². The molecule has 2 rings (SSSR count). The standard InChI is InChI=1S/C13H17BrN4O2/c1-4-18-11(12(14)9(3)16-18)8-17-7-10(6-15-17)13(19)20-5-2/h6-7H,4-5,8H2,1-3H3. The van der Waals surface area contributed by atoms with E-state index >= 15 is 0 Å².